The van der Waals surface area contributed by atoms with Gasteiger partial charge in [-0.2, -0.15) is 0 Å². The maximum Gasteiger partial charge on any atom is 0.276 e. The highest BCUT2D eigenvalue weighted by molar-refractivity contribution is 6.34. The summed E-state index contributed by atoms with van der Waals surface area (Å²) in [4.78, 5) is 26.3. The summed E-state index contributed by atoms with van der Waals surface area (Å²) in [5.74, 6) is 1.02. The average Bonchev–Trinajstić information content (AvgIpc) is 2.95. The van der Waals surface area contributed by atoms with Crippen LogP contribution in [-0.2, 0) is 10.5 Å². The van der Waals surface area contributed by atoms with E-state index >= 15 is 0 Å². The first-order chi connectivity index (χ1) is 12.6. The molecule has 136 valence electrons. The summed E-state index contributed by atoms with van der Waals surface area (Å²) in [5.41, 5.74) is 0.241. The molecule has 1 aliphatic heterocycles. The lowest BCUT2D eigenvalue weighted by atomic mass is 9.89. The molecule has 0 aromatic carbocycles. The number of pyridine rings is 1. The van der Waals surface area contributed by atoms with Crippen molar-refractivity contribution in [2.45, 2.75) is 37.8 Å². The third-order valence-electron chi connectivity index (χ3n) is 4.87. The van der Waals surface area contributed by atoms with Gasteiger partial charge in [-0.15, -0.1) is 0 Å². The van der Waals surface area contributed by atoms with Crippen molar-refractivity contribution in [3.8, 4) is 0 Å². The van der Waals surface area contributed by atoms with Crippen molar-refractivity contribution in [3.63, 3.8) is 0 Å². The smallest absolute Gasteiger partial charge is 0.276 e. The Hall–Kier alpha value is -2.61. The van der Waals surface area contributed by atoms with Crippen LogP contribution in [0.3, 0.4) is 0 Å². The zero-order valence-corrected chi connectivity index (χ0v) is 15.1. The topological polar surface area (TPSA) is 93.4 Å². The number of halogens is 1. The third kappa shape index (κ3) is 2.70. The molecule has 26 heavy (non-hydrogen) atoms. The molecule has 1 aliphatic carbocycles. The van der Waals surface area contributed by atoms with E-state index < -0.39 is 5.66 Å². The Bertz CT molecular complexity index is 905. The van der Waals surface area contributed by atoms with Crippen LogP contribution in [-0.4, -0.2) is 27.5 Å². The van der Waals surface area contributed by atoms with Gasteiger partial charge >= 0.3 is 0 Å². The Balaban J connectivity index is 1.87. The van der Waals surface area contributed by atoms with Gasteiger partial charge in [-0.1, -0.05) is 23.2 Å². The van der Waals surface area contributed by atoms with E-state index in [2.05, 4.69) is 25.8 Å². The van der Waals surface area contributed by atoms with Gasteiger partial charge in [-0.05, 0) is 37.8 Å². The van der Waals surface area contributed by atoms with E-state index in [1.54, 1.807) is 22.9 Å². The van der Waals surface area contributed by atoms with Gasteiger partial charge in [0.25, 0.3) is 5.56 Å². The van der Waals surface area contributed by atoms with Gasteiger partial charge < -0.3 is 15.5 Å². The summed E-state index contributed by atoms with van der Waals surface area (Å²) in [6.45, 7) is 0. The molecule has 9 heteroatoms. The maximum atomic E-state index is 13.3. The summed E-state index contributed by atoms with van der Waals surface area (Å²) in [5, 5.41) is 10.9. The molecule has 2 aromatic rings. The molecule has 0 atom stereocenters. The highest BCUT2D eigenvalue weighted by Crippen LogP contribution is 2.38. The number of anilines is 2. The summed E-state index contributed by atoms with van der Waals surface area (Å²) in [7, 11) is 1.47. The first kappa shape index (κ1) is 16.8. The predicted molar refractivity (Wildman–Crippen MR) is 98.8 cm³/mol. The number of amidine groups is 1. The van der Waals surface area contributed by atoms with Crippen LogP contribution in [0, 0.1) is 0 Å². The second-order valence-corrected chi connectivity index (χ2v) is 6.86. The van der Waals surface area contributed by atoms with Gasteiger partial charge in [0.05, 0.1) is 5.02 Å². The van der Waals surface area contributed by atoms with E-state index in [-0.39, 0.29) is 5.56 Å². The van der Waals surface area contributed by atoms with Gasteiger partial charge in [0.2, 0.25) is 0 Å². The number of nitrogens with one attached hydrogen (secondary N) is 2. The number of nitrogens with zero attached hydrogens (tertiary/aromatic N) is 4. The van der Waals surface area contributed by atoms with Crippen molar-refractivity contribution in [1.82, 2.24) is 19.9 Å². The Morgan fingerprint density at radius 1 is 1.38 bits per heavy atom. The number of hydrogen-bond donors (Lipinski definition) is 2. The molecule has 2 aromatic heterocycles. The van der Waals surface area contributed by atoms with Crippen LogP contribution in [0.25, 0.3) is 0 Å². The standard InChI is InChI=1S/C17H19ClN6O2/c1-26-23-15-14-11(18)9-12(21-13-5-8-19-10-20-13)16(25)24(14)17(22-15)6-3-2-4-7-17/h5,8-10H,2-4,6-7H2,1H3,(H,22,23)(H,19,20,21). The molecule has 0 radical (unpaired) electrons. The van der Waals surface area contributed by atoms with Crippen LogP contribution in [0.15, 0.2) is 34.6 Å². The Morgan fingerprint density at radius 2 is 2.19 bits per heavy atom. The minimum atomic E-state index is -0.519. The molecular formula is C17H19ClN6O2. The van der Waals surface area contributed by atoms with Crippen molar-refractivity contribution in [2.24, 2.45) is 5.16 Å². The van der Waals surface area contributed by atoms with Gasteiger partial charge in [0, 0.05) is 6.20 Å². The molecule has 8 nitrogen and oxygen atoms in total. The van der Waals surface area contributed by atoms with Crippen LogP contribution in [0.5, 0.6) is 0 Å². The second kappa shape index (κ2) is 6.60. The first-order valence-corrected chi connectivity index (χ1v) is 8.91. The van der Waals surface area contributed by atoms with Crippen LogP contribution in [0.1, 0.15) is 37.8 Å². The fourth-order valence-corrected chi connectivity index (χ4v) is 4.07. The van der Waals surface area contributed by atoms with Crippen molar-refractivity contribution < 1.29 is 4.84 Å². The number of hydrogen-bond acceptors (Lipinski definition) is 6. The van der Waals surface area contributed by atoms with Crippen LogP contribution in [0.2, 0.25) is 5.02 Å². The van der Waals surface area contributed by atoms with Crippen molar-refractivity contribution in [1.29, 1.82) is 0 Å². The zero-order valence-electron chi connectivity index (χ0n) is 14.3. The highest BCUT2D eigenvalue weighted by Gasteiger charge is 2.45. The summed E-state index contributed by atoms with van der Waals surface area (Å²) in [6.07, 6.45) is 7.89. The Morgan fingerprint density at radius 3 is 2.88 bits per heavy atom. The fourth-order valence-electron chi connectivity index (χ4n) is 3.78. The van der Waals surface area contributed by atoms with E-state index in [4.69, 9.17) is 16.4 Å². The molecule has 0 unspecified atom stereocenters. The van der Waals surface area contributed by atoms with Gasteiger partial charge in [0.15, 0.2) is 5.84 Å². The van der Waals surface area contributed by atoms with Crippen molar-refractivity contribution in [3.05, 3.63) is 45.7 Å². The molecule has 0 saturated heterocycles. The molecule has 1 spiro atoms. The molecule has 0 amide bonds. The number of aromatic nitrogens is 3. The van der Waals surface area contributed by atoms with Gasteiger partial charge in [-0.3, -0.25) is 9.36 Å². The summed E-state index contributed by atoms with van der Waals surface area (Å²) < 4.78 is 1.73. The fraction of sp³-hybridized carbons (Fsp3) is 0.412. The molecule has 1 saturated carbocycles. The van der Waals surface area contributed by atoms with Crippen molar-refractivity contribution >= 4 is 28.9 Å². The first-order valence-electron chi connectivity index (χ1n) is 8.53. The normalized spacial score (nSPS) is 19.2. The van der Waals surface area contributed by atoms with E-state index in [1.807, 2.05) is 0 Å². The number of rotatable bonds is 3. The zero-order chi connectivity index (χ0) is 18.1. The lowest BCUT2D eigenvalue weighted by molar-refractivity contribution is 0.176. The summed E-state index contributed by atoms with van der Waals surface area (Å²) >= 11 is 6.54. The molecule has 3 heterocycles. The number of fused-ring (bicyclic) bond motifs is 2. The maximum absolute atomic E-state index is 13.3. The van der Waals surface area contributed by atoms with E-state index in [1.165, 1.54) is 13.4 Å². The van der Waals surface area contributed by atoms with E-state index in [9.17, 15) is 4.79 Å². The third-order valence-corrected chi connectivity index (χ3v) is 5.15. The molecule has 2 aliphatic rings. The average molecular weight is 375 g/mol. The minimum Gasteiger partial charge on any atom is -0.397 e. The van der Waals surface area contributed by atoms with Gasteiger partial charge in [0.1, 0.15) is 36.3 Å². The Labute approximate surface area is 155 Å². The lowest BCUT2D eigenvalue weighted by Crippen LogP contribution is -2.48. The highest BCUT2D eigenvalue weighted by atomic mass is 35.5. The molecule has 1 fully saturated rings. The SMILES string of the molecule is CO/N=C1/NC2(CCCCC2)n2c1c(Cl)cc(Nc1ccncn1)c2=O. The molecular weight excluding hydrogens is 356 g/mol. The summed E-state index contributed by atoms with van der Waals surface area (Å²) in [6, 6.07) is 3.30. The molecule has 4 rings (SSSR count). The van der Waals surface area contributed by atoms with Crippen LogP contribution >= 0.6 is 11.6 Å². The predicted octanol–water partition coefficient (Wildman–Crippen LogP) is 2.56. The quantitative estimate of drug-likeness (QED) is 0.802. The van der Waals surface area contributed by atoms with E-state index in [0.29, 0.717) is 28.1 Å². The lowest BCUT2D eigenvalue weighted by Gasteiger charge is -2.35. The second-order valence-electron chi connectivity index (χ2n) is 6.45. The van der Waals surface area contributed by atoms with Crippen LogP contribution in [0.4, 0.5) is 11.5 Å². The van der Waals surface area contributed by atoms with E-state index in [0.717, 1.165) is 32.1 Å². The molecule has 0 bridgehead atoms. The van der Waals surface area contributed by atoms with Crippen molar-refractivity contribution in [2.75, 3.05) is 12.4 Å². The largest absolute Gasteiger partial charge is 0.397 e. The van der Waals surface area contributed by atoms with Crippen LogP contribution < -0.4 is 16.2 Å². The van der Waals surface area contributed by atoms with Gasteiger partial charge in [-0.25, -0.2) is 9.97 Å². The Kier molecular flexibility index (Phi) is 4.28. The molecule has 2 N–H and O–H groups in total. The minimum absolute atomic E-state index is 0.168. The number of oxime groups is 1. The monoisotopic (exact) mass is 374 g/mol.